The highest BCUT2D eigenvalue weighted by Gasteiger charge is 2.20. The molecule has 2 heterocycles. The number of thioether (sulfide) groups is 1. The second-order valence-corrected chi connectivity index (χ2v) is 5.45. The first kappa shape index (κ1) is 13.1. The molecule has 0 aromatic heterocycles. The van der Waals surface area contributed by atoms with E-state index in [0.29, 0.717) is 16.6 Å². The molecule has 0 spiro atoms. The molecule has 1 N–H and O–H groups in total. The molecule has 1 aromatic rings. The fourth-order valence-corrected chi connectivity index (χ4v) is 2.60. The van der Waals surface area contributed by atoms with Gasteiger partial charge in [-0.3, -0.25) is 10.1 Å². The second kappa shape index (κ2) is 5.58. The van der Waals surface area contributed by atoms with E-state index in [9.17, 15) is 4.79 Å². The van der Waals surface area contributed by atoms with Crippen LogP contribution in [0.5, 0.6) is 11.5 Å². The van der Waals surface area contributed by atoms with Gasteiger partial charge in [-0.2, -0.15) is 0 Å². The van der Waals surface area contributed by atoms with Crippen molar-refractivity contribution < 1.29 is 14.3 Å². The zero-order valence-corrected chi connectivity index (χ0v) is 11.8. The van der Waals surface area contributed by atoms with Crippen LogP contribution in [0.2, 0.25) is 0 Å². The van der Waals surface area contributed by atoms with E-state index >= 15 is 0 Å². The molecule has 0 saturated heterocycles. The molecule has 3 rings (SSSR count). The van der Waals surface area contributed by atoms with Crippen LogP contribution in [0.15, 0.2) is 28.9 Å². The molecule has 0 unspecified atom stereocenters. The number of hydrogen-bond acceptors (Lipinski definition) is 5. The van der Waals surface area contributed by atoms with Gasteiger partial charge in [0.1, 0.15) is 5.70 Å². The molecule has 0 atom stereocenters. The van der Waals surface area contributed by atoms with E-state index in [1.807, 2.05) is 18.2 Å². The fraction of sp³-hybridized carbons (Fsp3) is 0.286. The molecule has 0 fully saturated rings. The van der Waals surface area contributed by atoms with Gasteiger partial charge in [-0.1, -0.05) is 24.8 Å². The third-order valence-corrected chi connectivity index (χ3v) is 3.90. The Morgan fingerprint density at radius 2 is 2.25 bits per heavy atom. The monoisotopic (exact) mass is 290 g/mol. The Balaban J connectivity index is 1.81. The molecule has 0 bridgehead atoms. The SMILES string of the molecule is CCCSC1=N/C(=C/c2ccc3c(c2)OCO3)C(=O)N1. The summed E-state index contributed by atoms with van der Waals surface area (Å²) in [6, 6.07) is 5.55. The predicted molar refractivity (Wildman–Crippen MR) is 78.9 cm³/mol. The summed E-state index contributed by atoms with van der Waals surface area (Å²) in [6.07, 6.45) is 2.79. The molecule has 2 aliphatic heterocycles. The Labute approximate surface area is 121 Å². The van der Waals surface area contributed by atoms with Crippen molar-refractivity contribution in [1.29, 1.82) is 0 Å². The van der Waals surface area contributed by atoms with E-state index in [1.165, 1.54) is 0 Å². The first-order chi connectivity index (χ1) is 9.76. The van der Waals surface area contributed by atoms with Crippen LogP contribution in [0.1, 0.15) is 18.9 Å². The number of hydrogen-bond donors (Lipinski definition) is 1. The van der Waals surface area contributed by atoms with Crippen LogP contribution >= 0.6 is 11.8 Å². The zero-order chi connectivity index (χ0) is 13.9. The van der Waals surface area contributed by atoms with Crippen LogP contribution in [-0.2, 0) is 4.79 Å². The summed E-state index contributed by atoms with van der Waals surface area (Å²) in [4.78, 5) is 16.1. The molecular weight excluding hydrogens is 276 g/mol. The van der Waals surface area contributed by atoms with E-state index in [0.717, 1.165) is 23.5 Å². The average molecular weight is 290 g/mol. The van der Waals surface area contributed by atoms with Gasteiger partial charge >= 0.3 is 0 Å². The number of amidine groups is 1. The smallest absolute Gasteiger partial charge is 0.275 e. The maximum Gasteiger partial charge on any atom is 0.275 e. The Kier molecular flexibility index (Phi) is 3.64. The van der Waals surface area contributed by atoms with Gasteiger partial charge in [-0.15, -0.1) is 0 Å². The number of rotatable bonds is 3. The second-order valence-electron chi connectivity index (χ2n) is 4.36. The van der Waals surface area contributed by atoms with Crippen LogP contribution in [0.3, 0.4) is 0 Å². The van der Waals surface area contributed by atoms with Crippen molar-refractivity contribution in [1.82, 2.24) is 5.32 Å². The Hall–Kier alpha value is -1.95. The maximum atomic E-state index is 11.8. The molecule has 6 heteroatoms. The van der Waals surface area contributed by atoms with E-state index in [2.05, 4.69) is 17.2 Å². The van der Waals surface area contributed by atoms with Gasteiger partial charge in [0, 0.05) is 5.75 Å². The standard InChI is InChI=1S/C14H14N2O3S/c1-2-5-20-14-15-10(13(17)16-14)6-9-3-4-11-12(7-9)19-8-18-11/h3-4,6-7H,2,5,8H2,1H3,(H,15,16,17)/b10-6+. The lowest BCUT2D eigenvalue weighted by Gasteiger charge is -1.98. The van der Waals surface area contributed by atoms with Crippen LogP contribution in [-0.4, -0.2) is 23.6 Å². The van der Waals surface area contributed by atoms with Gasteiger partial charge in [-0.05, 0) is 30.2 Å². The minimum absolute atomic E-state index is 0.165. The Morgan fingerprint density at radius 1 is 1.40 bits per heavy atom. The van der Waals surface area contributed by atoms with Crippen LogP contribution in [0.4, 0.5) is 0 Å². The lowest BCUT2D eigenvalue weighted by Crippen LogP contribution is -2.21. The van der Waals surface area contributed by atoms with Gasteiger partial charge in [0.15, 0.2) is 16.7 Å². The topological polar surface area (TPSA) is 59.9 Å². The summed E-state index contributed by atoms with van der Waals surface area (Å²) >= 11 is 1.55. The summed E-state index contributed by atoms with van der Waals surface area (Å²) in [6.45, 7) is 2.33. The number of carbonyl (C=O) groups excluding carboxylic acids is 1. The number of nitrogens with zero attached hydrogens (tertiary/aromatic N) is 1. The van der Waals surface area contributed by atoms with E-state index in [4.69, 9.17) is 9.47 Å². The summed E-state index contributed by atoms with van der Waals surface area (Å²) < 4.78 is 10.6. The number of ether oxygens (including phenoxy) is 2. The third-order valence-electron chi connectivity index (χ3n) is 2.82. The zero-order valence-electron chi connectivity index (χ0n) is 11.0. The van der Waals surface area contributed by atoms with Crippen LogP contribution in [0.25, 0.3) is 6.08 Å². The Morgan fingerprint density at radius 3 is 3.10 bits per heavy atom. The summed E-state index contributed by atoms with van der Waals surface area (Å²) in [7, 11) is 0. The predicted octanol–water partition coefficient (Wildman–Crippen LogP) is 2.39. The van der Waals surface area contributed by atoms with Gasteiger partial charge in [0.2, 0.25) is 6.79 Å². The number of fused-ring (bicyclic) bond motifs is 1. The molecule has 0 saturated carbocycles. The number of nitrogens with one attached hydrogen (secondary N) is 1. The summed E-state index contributed by atoms with van der Waals surface area (Å²) in [5.41, 5.74) is 1.28. The molecule has 5 nitrogen and oxygen atoms in total. The van der Waals surface area contributed by atoms with Gasteiger partial charge < -0.3 is 9.47 Å². The highest BCUT2D eigenvalue weighted by atomic mass is 32.2. The van der Waals surface area contributed by atoms with E-state index < -0.39 is 0 Å². The molecule has 20 heavy (non-hydrogen) atoms. The molecule has 1 aromatic carbocycles. The fourth-order valence-electron chi connectivity index (χ4n) is 1.87. The first-order valence-electron chi connectivity index (χ1n) is 6.40. The van der Waals surface area contributed by atoms with Crippen molar-refractivity contribution in [2.24, 2.45) is 4.99 Å². The molecular formula is C14H14N2O3S. The number of carbonyl (C=O) groups is 1. The van der Waals surface area contributed by atoms with E-state index in [-0.39, 0.29) is 12.7 Å². The Bertz CT molecular complexity index is 610. The van der Waals surface area contributed by atoms with Gasteiger partial charge in [-0.25, -0.2) is 4.99 Å². The highest BCUT2D eigenvalue weighted by molar-refractivity contribution is 8.13. The van der Waals surface area contributed by atoms with Crippen LogP contribution < -0.4 is 14.8 Å². The van der Waals surface area contributed by atoms with Gasteiger partial charge in [0.05, 0.1) is 0 Å². The quantitative estimate of drug-likeness (QED) is 0.868. The molecule has 0 radical (unpaired) electrons. The largest absolute Gasteiger partial charge is 0.454 e. The minimum atomic E-state index is -0.165. The number of aliphatic imine (C=N–C) groups is 1. The minimum Gasteiger partial charge on any atom is -0.454 e. The van der Waals surface area contributed by atoms with Crippen molar-refractivity contribution in [3.05, 3.63) is 29.5 Å². The molecule has 104 valence electrons. The molecule has 0 aliphatic carbocycles. The highest BCUT2D eigenvalue weighted by Crippen LogP contribution is 2.33. The molecule has 2 aliphatic rings. The van der Waals surface area contributed by atoms with Crippen molar-refractivity contribution >= 4 is 28.9 Å². The van der Waals surface area contributed by atoms with Crippen molar-refractivity contribution in [3.8, 4) is 11.5 Å². The summed E-state index contributed by atoms with van der Waals surface area (Å²) in [5.74, 6) is 2.20. The molecule has 1 amide bonds. The average Bonchev–Trinajstić information content (AvgIpc) is 3.03. The van der Waals surface area contributed by atoms with Crippen molar-refractivity contribution in [2.45, 2.75) is 13.3 Å². The number of benzene rings is 1. The third kappa shape index (κ3) is 2.65. The lowest BCUT2D eigenvalue weighted by molar-refractivity contribution is -0.115. The van der Waals surface area contributed by atoms with Crippen LogP contribution in [0, 0.1) is 0 Å². The van der Waals surface area contributed by atoms with E-state index in [1.54, 1.807) is 17.8 Å². The van der Waals surface area contributed by atoms with Crippen molar-refractivity contribution in [2.75, 3.05) is 12.5 Å². The van der Waals surface area contributed by atoms with Gasteiger partial charge in [0.25, 0.3) is 5.91 Å². The normalized spacial score (nSPS) is 18.4. The summed E-state index contributed by atoms with van der Waals surface area (Å²) in [5, 5.41) is 3.43. The first-order valence-corrected chi connectivity index (χ1v) is 7.39. The number of amides is 1. The van der Waals surface area contributed by atoms with Crippen molar-refractivity contribution in [3.63, 3.8) is 0 Å². The lowest BCUT2D eigenvalue weighted by atomic mass is 10.1. The maximum absolute atomic E-state index is 11.8.